The predicted octanol–water partition coefficient (Wildman–Crippen LogP) is 4.58. The Morgan fingerprint density at radius 1 is 1.15 bits per heavy atom. The van der Waals surface area contributed by atoms with E-state index in [9.17, 15) is 0 Å². The highest BCUT2D eigenvalue weighted by atomic mass is 35.5. The lowest BCUT2D eigenvalue weighted by Gasteiger charge is -2.10. The van der Waals surface area contributed by atoms with Crippen molar-refractivity contribution in [3.8, 4) is 17.0 Å². The van der Waals surface area contributed by atoms with Crippen molar-refractivity contribution in [3.63, 3.8) is 0 Å². The minimum atomic E-state index is 0. The lowest BCUT2D eigenvalue weighted by atomic mass is 10.1. The molecule has 2 aromatic heterocycles. The average molecular weight is 375 g/mol. The van der Waals surface area contributed by atoms with Crippen LogP contribution in [0.15, 0.2) is 36.8 Å². The number of aryl methyl sites for hydroxylation is 4. The second-order valence-electron chi connectivity index (χ2n) is 6.35. The summed E-state index contributed by atoms with van der Waals surface area (Å²) in [6, 6.07) is 8.16. The Bertz CT molecular complexity index is 853. The largest absolute Gasteiger partial charge is 0.494 e. The summed E-state index contributed by atoms with van der Waals surface area (Å²) in [7, 11) is 0. The van der Waals surface area contributed by atoms with E-state index in [1.165, 1.54) is 16.8 Å². The van der Waals surface area contributed by atoms with Gasteiger partial charge in [-0.25, -0.2) is 4.98 Å². The Balaban J connectivity index is 0.00000243. The maximum atomic E-state index is 5.85. The number of halogens is 1. The van der Waals surface area contributed by atoms with Gasteiger partial charge >= 0.3 is 0 Å². The molecule has 0 N–H and O–H groups in total. The van der Waals surface area contributed by atoms with Gasteiger partial charge in [0.05, 0.1) is 30.5 Å². The summed E-state index contributed by atoms with van der Waals surface area (Å²) in [5.41, 5.74) is 5.78. The zero-order valence-corrected chi connectivity index (χ0v) is 16.7. The number of hydrogen-bond acceptors (Lipinski definition) is 3. The first-order chi connectivity index (χ1) is 12.1. The molecule has 3 aromatic rings. The van der Waals surface area contributed by atoms with Gasteiger partial charge in [-0.15, -0.1) is 12.4 Å². The first kappa shape index (κ1) is 20.0. The number of nitrogens with zero attached hydrogens (tertiary/aromatic N) is 4. The summed E-state index contributed by atoms with van der Waals surface area (Å²) in [6.07, 6.45) is 4.75. The second kappa shape index (κ2) is 8.90. The van der Waals surface area contributed by atoms with Crippen LogP contribution in [0.2, 0.25) is 0 Å². The highest BCUT2D eigenvalue weighted by molar-refractivity contribution is 5.85. The van der Waals surface area contributed by atoms with Gasteiger partial charge in [-0.2, -0.15) is 5.10 Å². The zero-order chi connectivity index (χ0) is 17.8. The van der Waals surface area contributed by atoms with Crippen molar-refractivity contribution in [3.05, 3.63) is 53.7 Å². The van der Waals surface area contributed by atoms with E-state index in [1.807, 2.05) is 29.3 Å². The van der Waals surface area contributed by atoms with Gasteiger partial charge < -0.3 is 9.30 Å². The van der Waals surface area contributed by atoms with Gasteiger partial charge in [0.15, 0.2) is 0 Å². The monoisotopic (exact) mass is 374 g/mol. The standard InChI is InChI=1S/C20H26N4O.ClH/c1-5-24-17(4)20(16(3)22-24)19-13-21-14-23(19)10-7-11-25-18-9-6-8-15(2)12-18;/h6,8-9,12-14H,5,7,10-11H2,1-4H3;1H. The fourth-order valence-corrected chi connectivity index (χ4v) is 3.21. The molecular weight excluding hydrogens is 348 g/mol. The summed E-state index contributed by atoms with van der Waals surface area (Å²) in [6.45, 7) is 10.8. The van der Waals surface area contributed by atoms with E-state index in [4.69, 9.17) is 4.74 Å². The third-order valence-corrected chi connectivity index (χ3v) is 4.45. The Kier molecular flexibility index (Phi) is 6.86. The number of rotatable bonds is 7. The van der Waals surface area contributed by atoms with Gasteiger partial charge in [-0.05, 0) is 51.8 Å². The summed E-state index contributed by atoms with van der Waals surface area (Å²) in [4.78, 5) is 4.35. The highest BCUT2D eigenvalue weighted by Gasteiger charge is 2.16. The molecule has 2 heterocycles. The number of imidazole rings is 1. The molecule has 0 unspecified atom stereocenters. The van der Waals surface area contributed by atoms with E-state index in [0.29, 0.717) is 6.61 Å². The van der Waals surface area contributed by atoms with E-state index >= 15 is 0 Å². The second-order valence-corrected chi connectivity index (χ2v) is 6.35. The number of aromatic nitrogens is 4. The van der Waals surface area contributed by atoms with Crippen molar-refractivity contribution in [2.45, 2.75) is 47.2 Å². The van der Waals surface area contributed by atoms with Crippen LogP contribution in [0.5, 0.6) is 5.75 Å². The van der Waals surface area contributed by atoms with E-state index in [0.717, 1.165) is 36.6 Å². The van der Waals surface area contributed by atoms with Crippen molar-refractivity contribution >= 4 is 12.4 Å². The van der Waals surface area contributed by atoms with Crippen molar-refractivity contribution in [2.75, 3.05) is 6.61 Å². The zero-order valence-electron chi connectivity index (χ0n) is 15.9. The van der Waals surface area contributed by atoms with Crippen LogP contribution in [-0.4, -0.2) is 25.9 Å². The normalized spacial score (nSPS) is 10.6. The molecule has 0 spiro atoms. The third-order valence-electron chi connectivity index (χ3n) is 4.45. The highest BCUT2D eigenvalue weighted by Crippen LogP contribution is 2.27. The molecule has 0 amide bonds. The molecule has 26 heavy (non-hydrogen) atoms. The molecule has 5 nitrogen and oxygen atoms in total. The molecule has 0 radical (unpaired) electrons. The number of hydrogen-bond donors (Lipinski definition) is 0. The van der Waals surface area contributed by atoms with Crippen LogP contribution >= 0.6 is 12.4 Å². The molecule has 6 heteroatoms. The van der Waals surface area contributed by atoms with Gasteiger partial charge in [-0.3, -0.25) is 4.68 Å². The van der Waals surface area contributed by atoms with Crippen LogP contribution in [-0.2, 0) is 13.1 Å². The fraction of sp³-hybridized carbons (Fsp3) is 0.400. The molecule has 0 aliphatic rings. The Morgan fingerprint density at radius 3 is 2.65 bits per heavy atom. The molecule has 0 saturated heterocycles. The fourth-order valence-electron chi connectivity index (χ4n) is 3.21. The lowest BCUT2D eigenvalue weighted by molar-refractivity contribution is 0.302. The van der Waals surface area contributed by atoms with Crippen LogP contribution in [0.3, 0.4) is 0 Å². The lowest BCUT2D eigenvalue weighted by Crippen LogP contribution is -2.05. The summed E-state index contributed by atoms with van der Waals surface area (Å²) in [5.74, 6) is 0.932. The molecule has 0 fully saturated rings. The van der Waals surface area contributed by atoms with Crippen molar-refractivity contribution in [1.82, 2.24) is 19.3 Å². The molecule has 140 valence electrons. The van der Waals surface area contributed by atoms with Gasteiger partial charge in [0.2, 0.25) is 0 Å². The minimum absolute atomic E-state index is 0. The van der Waals surface area contributed by atoms with E-state index in [2.05, 4.69) is 54.5 Å². The Labute approximate surface area is 161 Å². The number of ether oxygens (including phenoxy) is 1. The van der Waals surface area contributed by atoms with Crippen LogP contribution in [0.25, 0.3) is 11.3 Å². The van der Waals surface area contributed by atoms with Crippen molar-refractivity contribution < 1.29 is 4.74 Å². The molecule has 0 saturated carbocycles. The van der Waals surface area contributed by atoms with E-state index in [1.54, 1.807) is 0 Å². The van der Waals surface area contributed by atoms with Crippen LogP contribution in [0, 0.1) is 20.8 Å². The summed E-state index contributed by atoms with van der Waals surface area (Å²) in [5, 5.41) is 4.62. The first-order valence-electron chi connectivity index (χ1n) is 8.84. The molecule has 3 rings (SSSR count). The van der Waals surface area contributed by atoms with Gasteiger partial charge in [0.1, 0.15) is 5.75 Å². The van der Waals surface area contributed by atoms with Gasteiger partial charge in [0.25, 0.3) is 0 Å². The predicted molar refractivity (Wildman–Crippen MR) is 107 cm³/mol. The quantitative estimate of drug-likeness (QED) is 0.568. The SMILES string of the molecule is CCn1nc(C)c(-c2cncn2CCCOc2cccc(C)c2)c1C.Cl. The molecule has 0 aliphatic carbocycles. The molecular formula is C20H27ClN4O. The van der Waals surface area contributed by atoms with E-state index < -0.39 is 0 Å². The average Bonchev–Trinajstić information content (AvgIpc) is 3.15. The smallest absolute Gasteiger partial charge is 0.119 e. The molecule has 0 bridgehead atoms. The first-order valence-corrected chi connectivity index (χ1v) is 8.84. The molecule has 0 atom stereocenters. The van der Waals surface area contributed by atoms with Crippen molar-refractivity contribution in [2.24, 2.45) is 0 Å². The van der Waals surface area contributed by atoms with Crippen molar-refractivity contribution in [1.29, 1.82) is 0 Å². The van der Waals surface area contributed by atoms with E-state index in [-0.39, 0.29) is 12.4 Å². The minimum Gasteiger partial charge on any atom is -0.494 e. The van der Waals surface area contributed by atoms with Gasteiger partial charge in [0, 0.05) is 24.3 Å². The summed E-state index contributed by atoms with van der Waals surface area (Å²) < 4.78 is 10.1. The van der Waals surface area contributed by atoms with Crippen LogP contribution in [0.4, 0.5) is 0 Å². The molecule has 1 aromatic carbocycles. The molecule has 0 aliphatic heterocycles. The third kappa shape index (κ3) is 4.28. The topological polar surface area (TPSA) is 44.9 Å². The Morgan fingerprint density at radius 2 is 1.96 bits per heavy atom. The van der Waals surface area contributed by atoms with Crippen LogP contribution < -0.4 is 4.74 Å². The number of benzene rings is 1. The Hall–Kier alpha value is -2.27. The summed E-state index contributed by atoms with van der Waals surface area (Å²) >= 11 is 0. The van der Waals surface area contributed by atoms with Crippen LogP contribution in [0.1, 0.15) is 30.3 Å². The maximum absolute atomic E-state index is 5.85. The van der Waals surface area contributed by atoms with Gasteiger partial charge in [-0.1, -0.05) is 12.1 Å². The maximum Gasteiger partial charge on any atom is 0.119 e.